The van der Waals surface area contributed by atoms with Gasteiger partial charge in [-0.25, -0.2) is 0 Å². The molecule has 15 nitrogen and oxygen atoms in total. The highest BCUT2D eigenvalue weighted by molar-refractivity contribution is 5.92. The van der Waals surface area contributed by atoms with Crippen molar-refractivity contribution in [2.24, 2.45) is 0 Å². The Kier molecular flexibility index (Phi) is 8.16. The third-order valence-electron chi connectivity index (χ3n) is 7.70. The summed E-state index contributed by atoms with van der Waals surface area (Å²) in [7, 11) is 0. The van der Waals surface area contributed by atoms with Crippen LogP contribution in [-0.2, 0) is 9.47 Å². The fourth-order valence-corrected chi connectivity index (χ4v) is 5.39. The van der Waals surface area contributed by atoms with Gasteiger partial charge in [-0.05, 0) is 24.3 Å². The predicted molar refractivity (Wildman–Crippen MR) is 138 cm³/mol. The average Bonchev–Trinajstić information content (AvgIpc) is 2.97. The first kappa shape index (κ1) is 30.1. The molecule has 0 amide bonds. The lowest BCUT2D eigenvalue weighted by Crippen LogP contribution is -2.55. The summed E-state index contributed by atoms with van der Waals surface area (Å²) in [5.41, 5.74) is -2.48. The molecular weight excluding hydrogens is 564 g/mol. The van der Waals surface area contributed by atoms with Gasteiger partial charge in [-0.2, -0.15) is 0 Å². The van der Waals surface area contributed by atoms with Crippen LogP contribution >= 0.6 is 0 Å². The van der Waals surface area contributed by atoms with Gasteiger partial charge in [0.25, 0.3) is 0 Å². The molecule has 42 heavy (non-hydrogen) atoms. The van der Waals surface area contributed by atoms with Crippen molar-refractivity contribution >= 4 is 11.0 Å². The van der Waals surface area contributed by atoms with Crippen LogP contribution in [0.5, 0.6) is 17.2 Å². The molecule has 0 radical (unpaired) electrons. The van der Waals surface area contributed by atoms with E-state index >= 15 is 0 Å². The normalized spacial score (nSPS) is 33.6. The van der Waals surface area contributed by atoms with E-state index in [1.807, 2.05) is 0 Å². The predicted octanol–water partition coefficient (Wildman–Crippen LogP) is -2.39. The molecule has 1 unspecified atom stereocenters. The summed E-state index contributed by atoms with van der Waals surface area (Å²) < 4.78 is 17.0. The number of hydrogen-bond donors (Lipinski definition) is 11. The molecule has 0 bridgehead atoms. The summed E-state index contributed by atoms with van der Waals surface area (Å²) in [6, 6.07) is 6.37. The zero-order valence-electron chi connectivity index (χ0n) is 21.6. The number of hydrogen-bond acceptors (Lipinski definition) is 15. The molecule has 228 valence electrons. The van der Waals surface area contributed by atoms with Crippen LogP contribution in [0.25, 0.3) is 22.3 Å². The number of aliphatic hydroxyl groups is 8. The van der Waals surface area contributed by atoms with Crippen LogP contribution in [0.2, 0.25) is 0 Å². The first-order chi connectivity index (χ1) is 19.9. The van der Waals surface area contributed by atoms with Crippen molar-refractivity contribution in [3.05, 3.63) is 51.7 Å². The Morgan fingerprint density at radius 3 is 1.64 bits per heavy atom. The highest BCUT2D eigenvalue weighted by atomic mass is 16.6. The van der Waals surface area contributed by atoms with E-state index < -0.39 is 113 Å². The summed E-state index contributed by atoms with van der Waals surface area (Å²) >= 11 is 0. The Bertz CT molecular complexity index is 1500. The van der Waals surface area contributed by atoms with Crippen LogP contribution in [0.1, 0.15) is 23.3 Å². The largest absolute Gasteiger partial charge is 0.508 e. The summed E-state index contributed by atoms with van der Waals surface area (Å²) in [6.45, 7) is -1.70. The third-order valence-corrected chi connectivity index (χ3v) is 7.70. The lowest BCUT2D eigenvalue weighted by molar-refractivity contribution is -0.234. The second-order valence-electron chi connectivity index (χ2n) is 10.2. The molecule has 3 heterocycles. The van der Waals surface area contributed by atoms with Crippen LogP contribution in [0.15, 0.2) is 39.5 Å². The van der Waals surface area contributed by atoms with E-state index in [-0.39, 0.29) is 17.1 Å². The Labute approximate surface area is 235 Å². The van der Waals surface area contributed by atoms with Gasteiger partial charge in [-0.15, -0.1) is 0 Å². The smallest absolute Gasteiger partial charge is 0.197 e. The molecule has 2 aromatic carbocycles. The van der Waals surface area contributed by atoms with Crippen molar-refractivity contribution in [3.63, 3.8) is 0 Å². The minimum Gasteiger partial charge on any atom is -0.508 e. The van der Waals surface area contributed by atoms with E-state index in [1.165, 1.54) is 24.3 Å². The number of phenols is 3. The second kappa shape index (κ2) is 11.4. The molecule has 2 aliphatic heterocycles. The van der Waals surface area contributed by atoms with E-state index in [0.29, 0.717) is 0 Å². The Morgan fingerprint density at radius 1 is 0.643 bits per heavy atom. The molecule has 2 saturated heterocycles. The Morgan fingerprint density at radius 2 is 1.14 bits per heavy atom. The first-order valence-corrected chi connectivity index (χ1v) is 12.9. The second-order valence-corrected chi connectivity index (χ2v) is 10.2. The standard InChI is InChI=1S/C27H30O15/c28-6-12-17(32)21(36)23(38)26(41-12)15-19(34)14-10(31)5-11(8-1-3-9(30)4-2-8)40-25(14)16(20(15)35)27-24(39)22(37)18(33)13(7-29)42-27/h1-5,12-13,17-18,21-24,26-30,32-39H,6-7H2/t12-,13-,17-,18-,21+,22+,23-,24-,26?,27+/m1/s1. The maximum atomic E-state index is 13.5. The topological polar surface area (TPSA) is 271 Å². The van der Waals surface area contributed by atoms with Crippen molar-refractivity contribution in [2.75, 3.05) is 13.2 Å². The summed E-state index contributed by atoms with van der Waals surface area (Å²) in [4.78, 5) is 13.5. The lowest BCUT2D eigenvalue weighted by atomic mass is 9.85. The van der Waals surface area contributed by atoms with Crippen molar-refractivity contribution in [1.82, 2.24) is 0 Å². The first-order valence-electron chi connectivity index (χ1n) is 12.9. The number of benzene rings is 2. The van der Waals surface area contributed by atoms with Gasteiger partial charge >= 0.3 is 0 Å². The molecule has 2 aliphatic rings. The minimum atomic E-state index is -2.02. The molecule has 15 heteroatoms. The average molecular weight is 595 g/mol. The highest BCUT2D eigenvalue weighted by Gasteiger charge is 2.50. The van der Waals surface area contributed by atoms with Crippen LogP contribution < -0.4 is 5.43 Å². The molecule has 1 aromatic heterocycles. The zero-order chi connectivity index (χ0) is 30.6. The van der Waals surface area contributed by atoms with Gasteiger partial charge in [0.1, 0.15) is 89.4 Å². The third kappa shape index (κ3) is 4.79. The number of ether oxygens (including phenoxy) is 2. The zero-order valence-corrected chi connectivity index (χ0v) is 21.6. The molecule has 0 spiro atoms. The fraction of sp³-hybridized carbons (Fsp3) is 0.444. The summed E-state index contributed by atoms with van der Waals surface area (Å²) in [6.07, 6.45) is -18.2. The molecular formula is C27H30O15. The van der Waals surface area contributed by atoms with E-state index in [0.717, 1.165) is 6.07 Å². The number of phenolic OH excluding ortho intramolecular Hbond substituents is 3. The minimum absolute atomic E-state index is 0.0941. The highest BCUT2D eigenvalue weighted by Crippen LogP contribution is 2.51. The van der Waals surface area contributed by atoms with Crippen molar-refractivity contribution in [1.29, 1.82) is 0 Å². The van der Waals surface area contributed by atoms with Gasteiger partial charge < -0.3 is 70.1 Å². The number of fused-ring (bicyclic) bond motifs is 1. The van der Waals surface area contributed by atoms with E-state index in [9.17, 15) is 61.0 Å². The van der Waals surface area contributed by atoms with Crippen LogP contribution in [0.3, 0.4) is 0 Å². The number of aromatic hydroxyl groups is 3. The number of rotatable bonds is 5. The fourth-order valence-electron chi connectivity index (χ4n) is 5.39. The Hall–Kier alpha value is -3.35. The van der Waals surface area contributed by atoms with Gasteiger partial charge in [-0.1, -0.05) is 0 Å². The van der Waals surface area contributed by atoms with Gasteiger partial charge in [0.2, 0.25) is 0 Å². The Balaban J connectivity index is 1.82. The molecule has 0 aliphatic carbocycles. The maximum Gasteiger partial charge on any atom is 0.197 e. The van der Waals surface area contributed by atoms with Crippen molar-refractivity contribution in [3.8, 4) is 28.6 Å². The van der Waals surface area contributed by atoms with E-state index in [4.69, 9.17) is 13.9 Å². The van der Waals surface area contributed by atoms with Crippen LogP contribution in [0, 0.1) is 0 Å². The monoisotopic (exact) mass is 594 g/mol. The maximum absolute atomic E-state index is 13.5. The van der Waals surface area contributed by atoms with Gasteiger partial charge in [0.15, 0.2) is 11.0 Å². The molecule has 5 rings (SSSR count). The SMILES string of the molecule is O=c1cc(-c2ccc(O)cc2)oc2c([C@@H]3O[C@H](CO)[C@@H](O)[C@H](O)[C@H]3O)c(O)c(C3O[C@H](CO)[C@@H](O)[C@H](O)[C@H]3O)c(O)c12. The van der Waals surface area contributed by atoms with Crippen molar-refractivity contribution in [2.45, 2.75) is 61.0 Å². The van der Waals surface area contributed by atoms with Gasteiger partial charge in [0.05, 0.1) is 24.3 Å². The summed E-state index contributed by atoms with van der Waals surface area (Å²) in [5, 5.41) is 114. The molecule has 2 fully saturated rings. The molecule has 0 saturated carbocycles. The molecule has 10 atom stereocenters. The quantitative estimate of drug-likeness (QED) is 0.147. The summed E-state index contributed by atoms with van der Waals surface area (Å²) in [5.74, 6) is -2.20. The van der Waals surface area contributed by atoms with Crippen LogP contribution in [-0.4, -0.2) is 118 Å². The number of aliphatic hydroxyl groups excluding tert-OH is 8. The van der Waals surface area contributed by atoms with E-state index in [1.54, 1.807) is 0 Å². The van der Waals surface area contributed by atoms with Gasteiger partial charge in [-0.3, -0.25) is 4.79 Å². The van der Waals surface area contributed by atoms with Gasteiger partial charge in [0, 0.05) is 11.6 Å². The van der Waals surface area contributed by atoms with Crippen molar-refractivity contribution < 1.29 is 70.1 Å². The lowest BCUT2D eigenvalue weighted by Gasteiger charge is -2.42. The van der Waals surface area contributed by atoms with Crippen LogP contribution in [0.4, 0.5) is 0 Å². The molecule has 3 aromatic rings. The molecule has 11 N–H and O–H groups in total. The van der Waals surface area contributed by atoms with E-state index in [2.05, 4.69) is 0 Å².